The topological polar surface area (TPSA) is 9.23 Å². The molecule has 0 amide bonds. The maximum atomic E-state index is 5.47. The molecule has 1 heterocycles. The molecular weight excluding hydrogens is 148 g/mol. The monoisotopic (exact) mass is 162 g/mol. The summed E-state index contributed by atoms with van der Waals surface area (Å²) in [5.41, 5.74) is 4.82. The minimum Gasteiger partial charge on any atom is -0.372 e. The molecule has 1 atom stereocenters. The molecule has 0 radical (unpaired) electrons. The molecule has 0 spiro atoms. The fourth-order valence-electron chi connectivity index (χ4n) is 2.78. The van der Waals surface area contributed by atoms with E-state index in [0.717, 1.165) is 19.1 Å². The molecule has 3 rings (SSSR count). The second-order valence-electron chi connectivity index (χ2n) is 4.05. The number of hydrogen-bond donors (Lipinski definition) is 0. The first-order valence-electron chi connectivity index (χ1n) is 4.94. The van der Waals surface area contributed by atoms with Crippen molar-refractivity contribution in [1.82, 2.24) is 0 Å². The summed E-state index contributed by atoms with van der Waals surface area (Å²) >= 11 is 0. The predicted molar refractivity (Wildman–Crippen MR) is 47.9 cm³/mol. The molecular formula is C11H14O. The van der Waals surface area contributed by atoms with Crippen molar-refractivity contribution in [3.8, 4) is 0 Å². The van der Waals surface area contributed by atoms with Crippen LogP contribution in [0.5, 0.6) is 0 Å². The lowest BCUT2D eigenvalue weighted by molar-refractivity contribution is 0.214. The van der Waals surface area contributed by atoms with Crippen molar-refractivity contribution in [2.75, 3.05) is 13.2 Å². The standard InChI is InChI=1S/C11H14O/c1-2-8-4-5-9-6-12-7-11(9)10(8)3-1/h5,8H,1-4,6-7H2. The molecule has 1 nitrogen and oxygen atoms in total. The van der Waals surface area contributed by atoms with Crippen LogP contribution in [0.2, 0.25) is 0 Å². The third kappa shape index (κ3) is 0.831. The zero-order valence-electron chi connectivity index (χ0n) is 7.31. The van der Waals surface area contributed by atoms with Gasteiger partial charge in [-0.3, -0.25) is 0 Å². The van der Waals surface area contributed by atoms with E-state index in [0.29, 0.717) is 0 Å². The third-order valence-corrected chi connectivity index (χ3v) is 3.42. The third-order valence-electron chi connectivity index (χ3n) is 3.42. The van der Waals surface area contributed by atoms with Gasteiger partial charge in [0.05, 0.1) is 13.2 Å². The van der Waals surface area contributed by atoms with Gasteiger partial charge in [-0.15, -0.1) is 0 Å². The lowest BCUT2D eigenvalue weighted by Crippen LogP contribution is -2.05. The van der Waals surface area contributed by atoms with Crippen LogP contribution in [0, 0.1) is 5.92 Å². The molecule has 1 aliphatic heterocycles. The summed E-state index contributed by atoms with van der Waals surface area (Å²) in [4.78, 5) is 0. The van der Waals surface area contributed by atoms with Crippen LogP contribution in [0.3, 0.4) is 0 Å². The lowest BCUT2D eigenvalue weighted by Gasteiger charge is -2.18. The van der Waals surface area contributed by atoms with E-state index in [1.807, 2.05) is 0 Å². The molecule has 0 bridgehead atoms. The number of rotatable bonds is 0. The summed E-state index contributed by atoms with van der Waals surface area (Å²) < 4.78 is 5.47. The van der Waals surface area contributed by atoms with Crippen LogP contribution in [-0.4, -0.2) is 13.2 Å². The summed E-state index contributed by atoms with van der Waals surface area (Å²) in [6, 6.07) is 0. The van der Waals surface area contributed by atoms with Crippen LogP contribution in [-0.2, 0) is 4.74 Å². The molecule has 0 aromatic rings. The van der Waals surface area contributed by atoms with Gasteiger partial charge in [0.15, 0.2) is 0 Å². The maximum Gasteiger partial charge on any atom is 0.0724 e. The molecule has 1 unspecified atom stereocenters. The van der Waals surface area contributed by atoms with Crippen LogP contribution in [0.15, 0.2) is 22.8 Å². The van der Waals surface area contributed by atoms with Crippen LogP contribution in [0.25, 0.3) is 0 Å². The number of fused-ring (bicyclic) bond motifs is 2. The zero-order valence-corrected chi connectivity index (χ0v) is 7.31. The van der Waals surface area contributed by atoms with E-state index < -0.39 is 0 Å². The van der Waals surface area contributed by atoms with Gasteiger partial charge in [-0.05, 0) is 42.7 Å². The Hall–Kier alpha value is -0.560. The fourth-order valence-corrected chi connectivity index (χ4v) is 2.78. The Labute approximate surface area is 73.1 Å². The molecule has 2 aliphatic carbocycles. The van der Waals surface area contributed by atoms with Gasteiger partial charge in [-0.1, -0.05) is 11.6 Å². The van der Waals surface area contributed by atoms with Crippen molar-refractivity contribution in [3.05, 3.63) is 22.8 Å². The normalized spacial score (nSPS) is 33.3. The molecule has 12 heavy (non-hydrogen) atoms. The zero-order chi connectivity index (χ0) is 7.97. The average molecular weight is 162 g/mol. The van der Waals surface area contributed by atoms with E-state index >= 15 is 0 Å². The highest BCUT2D eigenvalue weighted by molar-refractivity contribution is 5.44. The fraction of sp³-hybridized carbons (Fsp3) is 0.636. The van der Waals surface area contributed by atoms with Gasteiger partial charge in [0, 0.05) is 0 Å². The molecule has 2 fully saturated rings. The highest BCUT2D eigenvalue weighted by Gasteiger charge is 2.30. The second-order valence-corrected chi connectivity index (χ2v) is 4.05. The SMILES string of the molecule is C1=C2COCC2=C2CCCC2C1. The molecule has 0 aromatic heterocycles. The van der Waals surface area contributed by atoms with Crippen LogP contribution < -0.4 is 0 Å². The number of ether oxygens (including phenoxy) is 1. The van der Waals surface area contributed by atoms with Crippen LogP contribution in [0.4, 0.5) is 0 Å². The van der Waals surface area contributed by atoms with E-state index in [2.05, 4.69) is 6.08 Å². The Morgan fingerprint density at radius 2 is 2.33 bits per heavy atom. The summed E-state index contributed by atoms with van der Waals surface area (Å²) in [5, 5.41) is 0. The van der Waals surface area contributed by atoms with Gasteiger partial charge in [0.25, 0.3) is 0 Å². The summed E-state index contributed by atoms with van der Waals surface area (Å²) in [6.07, 6.45) is 7.87. The number of hydrogen-bond acceptors (Lipinski definition) is 1. The van der Waals surface area contributed by atoms with Gasteiger partial charge in [0.2, 0.25) is 0 Å². The van der Waals surface area contributed by atoms with Crippen molar-refractivity contribution in [3.63, 3.8) is 0 Å². The molecule has 3 aliphatic rings. The van der Waals surface area contributed by atoms with Crippen molar-refractivity contribution in [2.45, 2.75) is 25.7 Å². The van der Waals surface area contributed by atoms with Crippen LogP contribution >= 0.6 is 0 Å². The Bertz CT molecular complexity index is 273. The molecule has 0 N–H and O–H groups in total. The van der Waals surface area contributed by atoms with Gasteiger partial charge in [0.1, 0.15) is 0 Å². The van der Waals surface area contributed by atoms with Gasteiger partial charge in [-0.25, -0.2) is 0 Å². The van der Waals surface area contributed by atoms with Crippen LogP contribution in [0.1, 0.15) is 25.7 Å². The largest absolute Gasteiger partial charge is 0.372 e. The highest BCUT2D eigenvalue weighted by Crippen LogP contribution is 2.42. The van der Waals surface area contributed by atoms with Gasteiger partial charge in [-0.2, -0.15) is 0 Å². The first kappa shape index (κ1) is 6.90. The van der Waals surface area contributed by atoms with Gasteiger partial charge >= 0.3 is 0 Å². The second kappa shape index (κ2) is 2.46. The Morgan fingerprint density at radius 3 is 3.33 bits per heavy atom. The van der Waals surface area contributed by atoms with Crippen molar-refractivity contribution in [1.29, 1.82) is 0 Å². The van der Waals surface area contributed by atoms with E-state index in [1.165, 1.54) is 31.3 Å². The van der Waals surface area contributed by atoms with Crippen molar-refractivity contribution in [2.24, 2.45) is 5.92 Å². The Kier molecular flexibility index (Phi) is 1.42. The average Bonchev–Trinajstić information content (AvgIpc) is 2.71. The van der Waals surface area contributed by atoms with E-state index in [9.17, 15) is 0 Å². The molecule has 0 aromatic carbocycles. The summed E-state index contributed by atoms with van der Waals surface area (Å²) in [6.45, 7) is 1.78. The minimum absolute atomic E-state index is 0.881. The highest BCUT2D eigenvalue weighted by atomic mass is 16.5. The molecule has 1 saturated carbocycles. The molecule has 64 valence electrons. The summed E-state index contributed by atoms with van der Waals surface area (Å²) in [7, 11) is 0. The van der Waals surface area contributed by atoms with Gasteiger partial charge < -0.3 is 4.74 Å². The quantitative estimate of drug-likeness (QED) is 0.531. The molecule has 1 saturated heterocycles. The van der Waals surface area contributed by atoms with Crippen molar-refractivity contribution < 1.29 is 4.74 Å². The smallest absolute Gasteiger partial charge is 0.0724 e. The first-order chi connectivity index (χ1) is 5.95. The molecule has 1 heteroatoms. The Balaban J connectivity index is 2.06. The minimum atomic E-state index is 0.881. The lowest BCUT2D eigenvalue weighted by atomic mass is 9.86. The number of allylic oxidation sites excluding steroid dienone is 2. The maximum absolute atomic E-state index is 5.47. The van der Waals surface area contributed by atoms with E-state index in [4.69, 9.17) is 4.74 Å². The van der Waals surface area contributed by atoms with Crippen molar-refractivity contribution >= 4 is 0 Å². The van der Waals surface area contributed by atoms with E-state index in [1.54, 1.807) is 11.1 Å². The van der Waals surface area contributed by atoms with E-state index in [-0.39, 0.29) is 0 Å². The summed E-state index contributed by atoms with van der Waals surface area (Å²) in [5.74, 6) is 0.894. The predicted octanol–water partition coefficient (Wildman–Crippen LogP) is 2.44. The first-order valence-corrected chi connectivity index (χ1v) is 4.94. The Morgan fingerprint density at radius 1 is 1.33 bits per heavy atom.